The highest BCUT2D eigenvalue weighted by Crippen LogP contribution is 2.28. The molecular formula is C16H32N2O. The second-order valence-electron chi connectivity index (χ2n) is 6.34. The first kappa shape index (κ1) is 15.3. The van der Waals surface area contributed by atoms with Crippen molar-refractivity contribution in [2.75, 3.05) is 33.3 Å². The molecule has 2 fully saturated rings. The lowest BCUT2D eigenvalue weighted by molar-refractivity contribution is 0.0362. The molecule has 0 radical (unpaired) electrons. The summed E-state index contributed by atoms with van der Waals surface area (Å²) in [4.78, 5) is 2.65. The summed E-state index contributed by atoms with van der Waals surface area (Å²) in [5.41, 5.74) is 0. The fourth-order valence-corrected chi connectivity index (χ4v) is 3.68. The number of hydrogen-bond acceptors (Lipinski definition) is 3. The van der Waals surface area contributed by atoms with E-state index in [0.29, 0.717) is 6.10 Å². The van der Waals surface area contributed by atoms with Crippen LogP contribution < -0.4 is 5.32 Å². The maximum Gasteiger partial charge on any atom is 0.0595 e. The lowest BCUT2D eigenvalue weighted by Crippen LogP contribution is -2.48. The van der Waals surface area contributed by atoms with Gasteiger partial charge >= 0.3 is 0 Å². The SMILES string of the molecule is CCCNC(CN1CCC(OC)CC1)C1CCCC1. The molecule has 1 heterocycles. The first-order valence-electron chi connectivity index (χ1n) is 8.32. The molecule has 1 N–H and O–H groups in total. The van der Waals surface area contributed by atoms with Gasteiger partial charge in [-0.25, -0.2) is 0 Å². The summed E-state index contributed by atoms with van der Waals surface area (Å²) in [6.45, 7) is 7.13. The van der Waals surface area contributed by atoms with Crippen molar-refractivity contribution in [1.29, 1.82) is 0 Å². The van der Waals surface area contributed by atoms with Crippen LogP contribution in [0.2, 0.25) is 0 Å². The molecule has 0 amide bonds. The zero-order valence-corrected chi connectivity index (χ0v) is 12.9. The first-order chi connectivity index (χ1) is 9.33. The molecule has 112 valence electrons. The Balaban J connectivity index is 1.78. The van der Waals surface area contributed by atoms with Crippen LogP contribution in [0.3, 0.4) is 0 Å². The Kier molecular flexibility index (Phi) is 6.62. The smallest absolute Gasteiger partial charge is 0.0595 e. The van der Waals surface area contributed by atoms with Crippen LogP contribution in [0.4, 0.5) is 0 Å². The quantitative estimate of drug-likeness (QED) is 0.768. The van der Waals surface area contributed by atoms with E-state index in [1.807, 2.05) is 7.11 Å². The third-order valence-electron chi connectivity index (χ3n) is 4.95. The van der Waals surface area contributed by atoms with Gasteiger partial charge < -0.3 is 15.0 Å². The van der Waals surface area contributed by atoms with E-state index in [-0.39, 0.29) is 0 Å². The maximum absolute atomic E-state index is 5.47. The molecule has 2 aliphatic rings. The summed E-state index contributed by atoms with van der Waals surface area (Å²) >= 11 is 0. The predicted octanol–water partition coefficient (Wildman–Crippen LogP) is 2.66. The molecule has 1 aliphatic heterocycles. The van der Waals surface area contributed by atoms with E-state index >= 15 is 0 Å². The highest BCUT2D eigenvalue weighted by molar-refractivity contribution is 4.85. The number of methoxy groups -OCH3 is 1. The van der Waals surface area contributed by atoms with Crippen LogP contribution in [0.15, 0.2) is 0 Å². The molecule has 0 aromatic carbocycles. The van der Waals surface area contributed by atoms with Gasteiger partial charge in [-0.3, -0.25) is 0 Å². The summed E-state index contributed by atoms with van der Waals surface area (Å²) in [5.74, 6) is 0.923. The molecular weight excluding hydrogens is 236 g/mol. The van der Waals surface area contributed by atoms with Crippen LogP contribution in [0.1, 0.15) is 51.9 Å². The Morgan fingerprint density at radius 3 is 2.42 bits per heavy atom. The monoisotopic (exact) mass is 268 g/mol. The van der Waals surface area contributed by atoms with Crippen molar-refractivity contribution in [2.45, 2.75) is 64.0 Å². The minimum absolute atomic E-state index is 0.504. The molecule has 1 saturated carbocycles. The Labute approximate surface area is 119 Å². The van der Waals surface area contributed by atoms with E-state index in [1.165, 1.54) is 71.1 Å². The van der Waals surface area contributed by atoms with Crippen molar-refractivity contribution in [3.63, 3.8) is 0 Å². The second-order valence-corrected chi connectivity index (χ2v) is 6.34. The molecule has 0 aromatic rings. The number of rotatable bonds is 7. The van der Waals surface area contributed by atoms with Gasteiger partial charge in [0, 0.05) is 32.8 Å². The highest BCUT2D eigenvalue weighted by Gasteiger charge is 2.27. The molecule has 0 spiro atoms. The van der Waals surface area contributed by atoms with Crippen molar-refractivity contribution in [3.05, 3.63) is 0 Å². The van der Waals surface area contributed by atoms with Gasteiger partial charge in [0.25, 0.3) is 0 Å². The van der Waals surface area contributed by atoms with E-state index in [0.717, 1.165) is 12.0 Å². The van der Waals surface area contributed by atoms with Crippen LogP contribution in [-0.4, -0.2) is 50.3 Å². The summed E-state index contributed by atoms with van der Waals surface area (Å²) in [7, 11) is 1.85. The molecule has 3 nitrogen and oxygen atoms in total. The number of likely N-dealkylation sites (tertiary alicyclic amines) is 1. The number of nitrogens with one attached hydrogen (secondary N) is 1. The molecule has 1 saturated heterocycles. The van der Waals surface area contributed by atoms with Gasteiger partial charge in [0.2, 0.25) is 0 Å². The first-order valence-corrected chi connectivity index (χ1v) is 8.32. The Morgan fingerprint density at radius 2 is 1.84 bits per heavy atom. The van der Waals surface area contributed by atoms with E-state index in [4.69, 9.17) is 4.74 Å². The lowest BCUT2D eigenvalue weighted by atomic mass is 9.96. The van der Waals surface area contributed by atoms with Crippen molar-refractivity contribution in [1.82, 2.24) is 10.2 Å². The van der Waals surface area contributed by atoms with E-state index in [9.17, 15) is 0 Å². The molecule has 3 heteroatoms. The molecule has 19 heavy (non-hydrogen) atoms. The van der Waals surface area contributed by atoms with Crippen molar-refractivity contribution in [2.24, 2.45) is 5.92 Å². The molecule has 0 aromatic heterocycles. The van der Waals surface area contributed by atoms with Gasteiger partial charge in [-0.05, 0) is 44.6 Å². The number of nitrogens with zero attached hydrogens (tertiary/aromatic N) is 1. The standard InChI is InChI=1S/C16H32N2O/c1-3-10-17-16(14-6-4-5-7-14)13-18-11-8-15(19-2)9-12-18/h14-17H,3-13H2,1-2H3. The van der Waals surface area contributed by atoms with Crippen LogP contribution in [0, 0.1) is 5.92 Å². The van der Waals surface area contributed by atoms with E-state index in [1.54, 1.807) is 0 Å². The number of hydrogen-bond donors (Lipinski definition) is 1. The van der Waals surface area contributed by atoms with E-state index in [2.05, 4.69) is 17.1 Å². The summed E-state index contributed by atoms with van der Waals surface area (Å²) in [6.07, 6.45) is 9.94. The van der Waals surface area contributed by atoms with Crippen molar-refractivity contribution < 1.29 is 4.74 Å². The van der Waals surface area contributed by atoms with Crippen molar-refractivity contribution >= 4 is 0 Å². The Morgan fingerprint density at radius 1 is 1.16 bits per heavy atom. The van der Waals surface area contributed by atoms with Gasteiger partial charge in [0.1, 0.15) is 0 Å². The third-order valence-corrected chi connectivity index (χ3v) is 4.95. The minimum Gasteiger partial charge on any atom is -0.381 e. The fraction of sp³-hybridized carbons (Fsp3) is 1.00. The fourth-order valence-electron chi connectivity index (χ4n) is 3.68. The van der Waals surface area contributed by atoms with Crippen LogP contribution >= 0.6 is 0 Å². The third kappa shape index (κ3) is 4.73. The summed E-state index contributed by atoms with van der Waals surface area (Å²) < 4.78 is 5.47. The average Bonchev–Trinajstić information content (AvgIpc) is 2.98. The van der Waals surface area contributed by atoms with Gasteiger partial charge in [0.15, 0.2) is 0 Å². The van der Waals surface area contributed by atoms with E-state index < -0.39 is 0 Å². The molecule has 1 atom stereocenters. The predicted molar refractivity (Wildman–Crippen MR) is 80.5 cm³/mol. The lowest BCUT2D eigenvalue weighted by Gasteiger charge is -2.36. The van der Waals surface area contributed by atoms with Gasteiger partial charge in [0.05, 0.1) is 6.10 Å². The molecule has 1 unspecified atom stereocenters. The second kappa shape index (κ2) is 8.23. The van der Waals surface area contributed by atoms with Crippen molar-refractivity contribution in [3.8, 4) is 0 Å². The van der Waals surface area contributed by atoms with Gasteiger partial charge in [-0.2, -0.15) is 0 Å². The number of ether oxygens (including phenoxy) is 1. The average molecular weight is 268 g/mol. The maximum atomic E-state index is 5.47. The van der Waals surface area contributed by atoms with Crippen LogP contribution in [0.5, 0.6) is 0 Å². The zero-order chi connectivity index (χ0) is 13.5. The van der Waals surface area contributed by atoms with Crippen LogP contribution in [-0.2, 0) is 4.74 Å². The summed E-state index contributed by atoms with van der Waals surface area (Å²) in [6, 6.07) is 0.724. The van der Waals surface area contributed by atoms with Gasteiger partial charge in [-0.1, -0.05) is 19.8 Å². The van der Waals surface area contributed by atoms with Gasteiger partial charge in [-0.15, -0.1) is 0 Å². The Bertz CT molecular complexity index is 233. The zero-order valence-electron chi connectivity index (χ0n) is 12.9. The molecule has 0 bridgehead atoms. The largest absolute Gasteiger partial charge is 0.381 e. The molecule has 2 rings (SSSR count). The topological polar surface area (TPSA) is 24.5 Å². The summed E-state index contributed by atoms with van der Waals surface area (Å²) in [5, 5.41) is 3.81. The highest BCUT2D eigenvalue weighted by atomic mass is 16.5. The number of piperidine rings is 1. The Hall–Kier alpha value is -0.120. The normalized spacial score (nSPS) is 24.9. The van der Waals surface area contributed by atoms with Crippen LogP contribution in [0.25, 0.3) is 0 Å². The molecule has 1 aliphatic carbocycles. The minimum atomic E-state index is 0.504.